The van der Waals surface area contributed by atoms with Crippen molar-refractivity contribution in [3.05, 3.63) is 42.5 Å². The summed E-state index contributed by atoms with van der Waals surface area (Å²) in [5, 5.41) is 2.91. The number of rotatable bonds is 9. The van der Waals surface area contributed by atoms with E-state index >= 15 is 0 Å². The van der Waals surface area contributed by atoms with Crippen LogP contribution in [0.5, 0.6) is 0 Å². The molecule has 1 rings (SSSR count). The third-order valence-electron chi connectivity index (χ3n) is 3.07. The largest absolute Gasteiger partial charge is 0.326 e. The normalized spacial score (nSPS) is 10.8. The molecule has 1 amide bonds. The van der Waals surface area contributed by atoms with Gasteiger partial charge < -0.3 is 5.32 Å². The Labute approximate surface area is 116 Å². The molecule has 0 heterocycles. The van der Waals surface area contributed by atoms with Crippen LogP contribution < -0.4 is 5.32 Å². The first kappa shape index (κ1) is 15.5. The van der Waals surface area contributed by atoms with Crippen molar-refractivity contribution in [2.75, 3.05) is 5.32 Å². The van der Waals surface area contributed by atoms with Gasteiger partial charge in [0.15, 0.2) is 0 Å². The summed E-state index contributed by atoms with van der Waals surface area (Å²) in [5.74, 6) is 0.125. The Kier molecular flexibility index (Phi) is 8.45. The summed E-state index contributed by atoms with van der Waals surface area (Å²) in [4.78, 5) is 11.7. The third kappa shape index (κ3) is 8.20. The number of para-hydroxylation sites is 1. The van der Waals surface area contributed by atoms with Gasteiger partial charge in [0.05, 0.1) is 0 Å². The molecule has 0 radical (unpaired) electrons. The molecule has 0 bridgehead atoms. The Morgan fingerprint density at radius 1 is 1.05 bits per heavy atom. The highest BCUT2D eigenvalue weighted by Gasteiger charge is 2.01. The smallest absolute Gasteiger partial charge is 0.224 e. The molecule has 0 aromatic heterocycles. The molecule has 0 saturated heterocycles. The van der Waals surface area contributed by atoms with Crippen LogP contribution in [0.4, 0.5) is 5.69 Å². The summed E-state index contributed by atoms with van der Waals surface area (Å²) in [6.07, 6.45) is 12.0. The van der Waals surface area contributed by atoms with E-state index < -0.39 is 0 Å². The van der Waals surface area contributed by atoms with Crippen molar-refractivity contribution in [3.63, 3.8) is 0 Å². The number of benzene rings is 1. The van der Waals surface area contributed by atoms with Gasteiger partial charge in [0.2, 0.25) is 5.91 Å². The van der Waals surface area contributed by atoms with Crippen molar-refractivity contribution < 1.29 is 4.79 Å². The maximum atomic E-state index is 11.7. The average Bonchev–Trinajstić information content (AvgIpc) is 2.43. The van der Waals surface area contributed by atoms with Gasteiger partial charge in [-0.25, -0.2) is 0 Å². The van der Waals surface area contributed by atoms with Crippen LogP contribution in [-0.4, -0.2) is 5.91 Å². The minimum absolute atomic E-state index is 0.125. The van der Waals surface area contributed by atoms with Crippen LogP contribution in [0.3, 0.4) is 0 Å². The number of hydrogen-bond donors (Lipinski definition) is 1. The van der Waals surface area contributed by atoms with Crippen molar-refractivity contribution >= 4 is 11.6 Å². The van der Waals surface area contributed by atoms with E-state index in [1.54, 1.807) is 0 Å². The minimum atomic E-state index is 0.125. The Morgan fingerprint density at radius 3 is 2.47 bits per heavy atom. The number of unbranched alkanes of at least 4 members (excludes halogenated alkanes) is 5. The van der Waals surface area contributed by atoms with Crippen molar-refractivity contribution in [3.8, 4) is 0 Å². The predicted molar refractivity (Wildman–Crippen MR) is 82.2 cm³/mol. The van der Waals surface area contributed by atoms with E-state index in [2.05, 4.69) is 24.4 Å². The SMILES string of the molecule is C/C=C\CCCCCCCC(=O)Nc1ccccc1. The molecular formula is C17H25NO. The van der Waals surface area contributed by atoms with Crippen LogP contribution in [-0.2, 0) is 4.79 Å². The van der Waals surface area contributed by atoms with Gasteiger partial charge in [-0.05, 0) is 38.3 Å². The highest BCUT2D eigenvalue weighted by Crippen LogP contribution is 2.10. The standard InChI is InChI=1S/C17H25NO/c1-2-3-4-5-6-7-8-12-15-17(19)18-16-13-10-9-11-14-16/h2-3,9-11,13-14H,4-8,12,15H2,1H3,(H,18,19)/b3-2-. The number of allylic oxidation sites excluding steroid dienone is 2. The molecule has 0 aliphatic rings. The monoisotopic (exact) mass is 259 g/mol. The highest BCUT2D eigenvalue weighted by atomic mass is 16.1. The predicted octanol–water partition coefficient (Wildman–Crippen LogP) is 4.93. The number of carbonyl (C=O) groups is 1. The molecule has 0 atom stereocenters. The third-order valence-corrected chi connectivity index (χ3v) is 3.07. The molecular weight excluding hydrogens is 234 g/mol. The molecule has 0 aliphatic carbocycles. The summed E-state index contributed by atoms with van der Waals surface area (Å²) in [7, 11) is 0. The molecule has 104 valence electrons. The van der Waals surface area contributed by atoms with E-state index in [0.29, 0.717) is 6.42 Å². The van der Waals surface area contributed by atoms with Crippen LogP contribution in [0.1, 0.15) is 51.9 Å². The van der Waals surface area contributed by atoms with Crippen LogP contribution in [0.15, 0.2) is 42.5 Å². The van der Waals surface area contributed by atoms with Gasteiger partial charge in [-0.3, -0.25) is 4.79 Å². The minimum Gasteiger partial charge on any atom is -0.326 e. The van der Waals surface area contributed by atoms with Gasteiger partial charge in [-0.2, -0.15) is 0 Å². The second-order valence-electron chi connectivity index (χ2n) is 4.79. The fraction of sp³-hybridized carbons (Fsp3) is 0.471. The molecule has 2 heteroatoms. The molecule has 1 N–H and O–H groups in total. The maximum Gasteiger partial charge on any atom is 0.224 e. The van der Waals surface area contributed by atoms with E-state index in [0.717, 1.165) is 18.5 Å². The highest BCUT2D eigenvalue weighted by molar-refractivity contribution is 5.90. The molecule has 0 unspecified atom stereocenters. The van der Waals surface area contributed by atoms with E-state index in [1.807, 2.05) is 30.3 Å². The zero-order valence-electron chi connectivity index (χ0n) is 11.9. The number of anilines is 1. The quantitative estimate of drug-likeness (QED) is 0.494. The van der Waals surface area contributed by atoms with Crippen molar-refractivity contribution in [2.45, 2.75) is 51.9 Å². The number of nitrogens with one attached hydrogen (secondary N) is 1. The van der Waals surface area contributed by atoms with Crippen molar-refractivity contribution in [1.82, 2.24) is 0 Å². The fourth-order valence-electron chi connectivity index (χ4n) is 1.99. The van der Waals surface area contributed by atoms with Gasteiger partial charge in [-0.15, -0.1) is 0 Å². The number of hydrogen-bond acceptors (Lipinski definition) is 1. The second-order valence-corrected chi connectivity index (χ2v) is 4.79. The number of amides is 1. The van der Waals surface area contributed by atoms with Gasteiger partial charge in [0.1, 0.15) is 0 Å². The zero-order valence-corrected chi connectivity index (χ0v) is 11.9. The summed E-state index contributed by atoms with van der Waals surface area (Å²) in [6, 6.07) is 9.64. The second kappa shape index (κ2) is 10.4. The summed E-state index contributed by atoms with van der Waals surface area (Å²) in [6.45, 7) is 2.06. The lowest BCUT2D eigenvalue weighted by atomic mass is 10.1. The van der Waals surface area contributed by atoms with Gasteiger partial charge >= 0.3 is 0 Å². The zero-order chi connectivity index (χ0) is 13.8. The Balaban J connectivity index is 1.99. The lowest BCUT2D eigenvalue weighted by Crippen LogP contribution is -2.10. The molecule has 0 spiro atoms. The first-order chi connectivity index (χ1) is 9.33. The van der Waals surface area contributed by atoms with Crippen molar-refractivity contribution in [1.29, 1.82) is 0 Å². The topological polar surface area (TPSA) is 29.1 Å². The first-order valence-corrected chi connectivity index (χ1v) is 7.29. The average molecular weight is 259 g/mol. The Bertz CT molecular complexity index is 370. The van der Waals surface area contributed by atoms with Crippen LogP contribution in [0, 0.1) is 0 Å². The van der Waals surface area contributed by atoms with Gasteiger partial charge in [0.25, 0.3) is 0 Å². The van der Waals surface area contributed by atoms with Crippen LogP contribution >= 0.6 is 0 Å². The molecule has 19 heavy (non-hydrogen) atoms. The lowest BCUT2D eigenvalue weighted by molar-refractivity contribution is -0.116. The summed E-state index contributed by atoms with van der Waals surface area (Å²) < 4.78 is 0. The maximum absolute atomic E-state index is 11.7. The summed E-state index contributed by atoms with van der Waals surface area (Å²) >= 11 is 0. The molecule has 1 aromatic carbocycles. The number of carbonyl (C=O) groups excluding carboxylic acids is 1. The van der Waals surface area contributed by atoms with Crippen LogP contribution in [0.25, 0.3) is 0 Å². The molecule has 2 nitrogen and oxygen atoms in total. The van der Waals surface area contributed by atoms with E-state index in [4.69, 9.17) is 0 Å². The molecule has 0 saturated carbocycles. The summed E-state index contributed by atoms with van der Waals surface area (Å²) in [5.41, 5.74) is 0.888. The van der Waals surface area contributed by atoms with E-state index in [9.17, 15) is 4.79 Å². The van der Waals surface area contributed by atoms with E-state index in [1.165, 1.54) is 25.7 Å². The lowest BCUT2D eigenvalue weighted by Gasteiger charge is -2.04. The molecule has 1 aromatic rings. The molecule has 0 fully saturated rings. The Morgan fingerprint density at radius 2 is 1.74 bits per heavy atom. The van der Waals surface area contributed by atoms with Gasteiger partial charge in [0, 0.05) is 12.1 Å². The fourth-order valence-corrected chi connectivity index (χ4v) is 1.99. The first-order valence-electron chi connectivity index (χ1n) is 7.29. The van der Waals surface area contributed by atoms with E-state index in [-0.39, 0.29) is 5.91 Å². The molecule has 0 aliphatic heterocycles. The van der Waals surface area contributed by atoms with Gasteiger partial charge in [-0.1, -0.05) is 49.6 Å². The van der Waals surface area contributed by atoms with Crippen LogP contribution in [0.2, 0.25) is 0 Å². The van der Waals surface area contributed by atoms with Crippen molar-refractivity contribution in [2.24, 2.45) is 0 Å². The Hall–Kier alpha value is -1.57.